The number of methoxy groups -OCH3 is 1. The Kier molecular flexibility index (Phi) is 2.74. The van der Waals surface area contributed by atoms with Gasteiger partial charge in [0, 0.05) is 6.54 Å². The van der Waals surface area contributed by atoms with Crippen molar-refractivity contribution in [1.82, 2.24) is 0 Å². The molecule has 0 unspecified atom stereocenters. The molecule has 0 saturated heterocycles. The second kappa shape index (κ2) is 3.60. The van der Waals surface area contributed by atoms with E-state index in [1.165, 1.54) is 0 Å². The minimum absolute atomic E-state index is 0.441. The van der Waals surface area contributed by atoms with Crippen molar-refractivity contribution in [2.45, 2.75) is 6.54 Å². The van der Waals surface area contributed by atoms with Crippen LogP contribution in [0.15, 0.2) is 18.2 Å². The molecule has 0 aromatic heterocycles. The van der Waals surface area contributed by atoms with Crippen molar-refractivity contribution >= 4 is 11.6 Å². The lowest BCUT2D eigenvalue weighted by atomic mass is 10.2. The van der Waals surface area contributed by atoms with Crippen LogP contribution in [0, 0.1) is 0 Å². The summed E-state index contributed by atoms with van der Waals surface area (Å²) in [6.07, 6.45) is 0. The van der Waals surface area contributed by atoms with E-state index in [1.807, 2.05) is 18.2 Å². The van der Waals surface area contributed by atoms with Crippen LogP contribution in [0.5, 0.6) is 5.75 Å². The van der Waals surface area contributed by atoms with Crippen molar-refractivity contribution in [2.24, 2.45) is 5.73 Å². The molecular weight excluding hydrogens is 162 g/mol. The summed E-state index contributed by atoms with van der Waals surface area (Å²) in [5, 5.41) is 0.609. The highest BCUT2D eigenvalue weighted by atomic mass is 35.5. The summed E-state index contributed by atoms with van der Waals surface area (Å²) in [7, 11) is 1.58. The number of nitrogens with two attached hydrogens (primary N) is 1. The Hall–Kier alpha value is -0.730. The van der Waals surface area contributed by atoms with Gasteiger partial charge in [-0.3, -0.25) is 0 Å². The molecule has 3 heteroatoms. The van der Waals surface area contributed by atoms with Gasteiger partial charge >= 0.3 is 0 Å². The average Bonchev–Trinajstić information content (AvgIpc) is 2.05. The number of hydrogen-bond acceptors (Lipinski definition) is 2. The maximum atomic E-state index is 5.90. The lowest BCUT2D eigenvalue weighted by Gasteiger charge is -2.05. The van der Waals surface area contributed by atoms with Crippen LogP contribution in [0.4, 0.5) is 0 Å². The molecule has 0 atom stereocenters. The number of ether oxygens (including phenoxy) is 1. The fourth-order valence-corrected chi connectivity index (χ4v) is 1.15. The number of benzene rings is 1. The summed E-state index contributed by atoms with van der Waals surface area (Å²) in [5.74, 6) is 0.676. The zero-order valence-electron chi connectivity index (χ0n) is 6.30. The molecule has 0 heterocycles. The summed E-state index contributed by atoms with van der Waals surface area (Å²) >= 11 is 5.90. The van der Waals surface area contributed by atoms with Gasteiger partial charge in [-0.05, 0) is 11.6 Å². The molecule has 1 aromatic rings. The van der Waals surface area contributed by atoms with Crippen molar-refractivity contribution in [2.75, 3.05) is 7.11 Å². The SMILES string of the molecule is COc1cccc(CN)c1Cl. The van der Waals surface area contributed by atoms with Crippen molar-refractivity contribution in [1.29, 1.82) is 0 Å². The van der Waals surface area contributed by atoms with Gasteiger partial charge in [-0.1, -0.05) is 23.7 Å². The Morgan fingerprint density at radius 2 is 2.27 bits per heavy atom. The van der Waals surface area contributed by atoms with E-state index in [0.29, 0.717) is 17.3 Å². The monoisotopic (exact) mass is 171 g/mol. The third-order valence-corrected chi connectivity index (χ3v) is 1.91. The highest BCUT2D eigenvalue weighted by molar-refractivity contribution is 6.32. The van der Waals surface area contributed by atoms with E-state index in [0.717, 1.165) is 5.56 Å². The van der Waals surface area contributed by atoms with Crippen LogP contribution >= 0.6 is 11.6 Å². The maximum absolute atomic E-state index is 5.90. The molecule has 0 saturated carbocycles. The molecular formula is C8H10ClNO. The standard InChI is InChI=1S/C8H10ClNO/c1-11-7-4-2-3-6(5-10)8(7)9/h2-4H,5,10H2,1H3. The lowest BCUT2D eigenvalue weighted by Crippen LogP contribution is -1.97. The van der Waals surface area contributed by atoms with Crippen LogP contribution in [-0.2, 0) is 6.54 Å². The maximum Gasteiger partial charge on any atom is 0.137 e. The molecule has 0 aliphatic heterocycles. The summed E-state index contributed by atoms with van der Waals surface area (Å²) in [5.41, 5.74) is 6.34. The number of hydrogen-bond donors (Lipinski definition) is 1. The van der Waals surface area contributed by atoms with Crippen LogP contribution < -0.4 is 10.5 Å². The van der Waals surface area contributed by atoms with E-state index in [2.05, 4.69) is 0 Å². The quantitative estimate of drug-likeness (QED) is 0.737. The van der Waals surface area contributed by atoms with Gasteiger partial charge in [0.15, 0.2) is 0 Å². The van der Waals surface area contributed by atoms with Gasteiger partial charge in [0.1, 0.15) is 5.75 Å². The van der Waals surface area contributed by atoms with Gasteiger partial charge in [-0.15, -0.1) is 0 Å². The summed E-state index contributed by atoms with van der Waals surface area (Å²) < 4.78 is 5.00. The summed E-state index contributed by atoms with van der Waals surface area (Å²) in [6, 6.07) is 5.55. The molecule has 0 aliphatic rings. The van der Waals surface area contributed by atoms with Crippen molar-refractivity contribution in [3.63, 3.8) is 0 Å². The third kappa shape index (κ3) is 1.64. The van der Waals surface area contributed by atoms with Crippen LogP contribution in [0.25, 0.3) is 0 Å². The molecule has 2 nitrogen and oxygen atoms in total. The molecule has 2 N–H and O–H groups in total. The highest BCUT2D eigenvalue weighted by Crippen LogP contribution is 2.26. The van der Waals surface area contributed by atoms with E-state index in [-0.39, 0.29) is 0 Å². The Labute approximate surface area is 70.9 Å². The largest absolute Gasteiger partial charge is 0.495 e. The molecule has 0 aliphatic carbocycles. The Bertz CT molecular complexity index is 228. The predicted octanol–water partition coefficient (Wildman–Crippen LogP) is 1.81. The van der Waals surface area contributed by atoms with Crippen LogP contribution in [0.2, 0.25) is 5.02 Å². The first-order chi connectivity index (χ1) is 5.29. The van der Waals surface area contributed by atoms with Gasteiger partial charge in [0.05, 0.1) is 12.1 Å². The molecule has 11 heavy (non-hydrogen) atoms. The van der Waals surface area contributed by atoms with Gasteiger partial charge in [-0.2, -0.15) is 0 Å². The topological polar surface area (TPSA) is 35.2 Å². The summed E-state index contributed by atoms with van der Waals surface area (Å²) in [6.45, 7) is 0.441. The van der Waals surface area contributed by atoms with E-state index >= 15 is 0 Å². The Morgan fingerprint density at radius 1 is 1.55 bits per heavy atom. The van der Waals surface area contributed by atoms with Gasteiger partial charge in [0.25, 0.3) is 0 Å². The van der Waals surface area contributed by atoms with E-state index < -0.39 is 0 Å². The van der Waals surface area contributed by atoms with E-state index in [1.54, 1.807) is 7.11 Å². The molecule has 0 bridgehead atoms. The molecule has 1 aromatic carbocycles. The lowest BCUT2D eigenvalue weighted by molar-refractivity contribution is 0.414. The number of rotatable bonds is 2. The van der Waals surface area contributed by atoms with E-state index in [9.17, 15) is 0 Å². The zero-order chi connectivity index (χ0) is 8.27. The van der Waals surface area contributed by atoms with Crippen LogP contribution in [0.1, 0.15) is 5.56 Å². The zero-order valence-corrected chi connectivity index (χ0v) is 7.06. The second-order valence-corrected chi connectivity index (χ2v) is 2.52. The van der Waals surface area contributed by atoms with E-state index in [4.69, 9.17) is 22.1 Å². The van der Waals surface area contributed by atoms with Crippen molar-refractivity contribution in [3.05, 3.63) is 28.8 Å². The molecule has 1 rings (SSSR count). The minimum Gasteiger partial charge on any atom is -0.495 e. The second-order valence-electron chi connectivity index (χ2n) is 2.14. The Morgan fingerprint density at radius 3 is 2.82 bits per heavy atom. The first-order valence-corrected chi connectivity index (χ1v) is 3.69. The van der Waals surface area contributed by atoms with Gasteiger partial charge in [-0.25, -0.2) is 0 Å². The average molecular weight is 172 g/mol. The molecule has 0 spiro atoms. The Balaban J connectivity index is 3.10. The van der Waals surface area contributed by atoms with Crippen molar-refractivity contribution in [3.8, 4) is 5.75 Å². The first-order valence-electron chi connectivity index (χ1n) is 3.31. The molecule has 0 fully saturated rings. The fraction of sp³-hybridized carbons (Fsp3) is 0.250. The third-order valence-electron chi connectivity index (χ3n) is 1.48. The fourth-order valence-electron chi connectivity index (χ4n) is 0.872. The van der Waals surface area contributed by atoms with Crippen LogP contribution in [0.3, 0.4) is 0 Å². The van der Waals surface area contributed by atoms with Crippen LogP contribution in [-0.4, -0.2) is 7.11 Å². The van der Waals surface area contributed by atoms with Gasteiger partial charge < -0.3 is 10.5 Å². The summed E-state index contributed by atoms with van der Waals surface area (Å²) in [4.78, 5) is 0. The minimum atomic E-state index is 0.441. The molecule has 0 amide bonds. The van der Waals surface area contributed by atoms with Gasteiger partial charge in [0.2, 0.25) is 0 Å². The smallest absolute Gasteiger partial charge is 0.137 e. The molecule has 0 radical (unpaired) electrons. The highest BCUT2D eigenvalue weighted by Gasteiger charge is 2.02. The number of halogens is 1. The van der Waals surface area contributed by atoms with Crippen molar-refractivity contribution < 1.29 is 4.74 Å². The molecule has 60 valence electrons. The first kappa shape index (κ1) is 8.37. The predicted molar refractivity (Wildman–Crippen MR) is 45.9 cm³/mol. The normalized spacial score (nSPS) is 9.73.